The van der Waals surface area contributed by atoms with Crippen LogP contribution >= 0.6 is 0 Å². The second-order valence-electron chi connectivity index (χ2n) is 2.56. The number of rotatable bonds is 3. The van der Waals surface area contributed by atoms with Gasteiger partial charge in [0, 0.05) is 7.05 Å². The van der Waals surface area contributed by atoms with Crippen LogP contribution in [0.15, 0.2) is 12.4 Å². The van der Waals surface area contributed by atoms with E-state index >= 15 is 0 Å². The predicted molar refractivity (Wildman–Crippen MR) is 39.4 cm³/mol. The van der Waals surface area contributed by atoms with E-state index in [0.717, 1.165) is 0 Å². The van der Waals surface area contributed by atoms with E-state index in [-0.39, 0.29) is 6.61 Å². The first-order valence-corrected chi connectivity index (χ1v) is 3.65. The largest absolute Gasteiger partial charge is 0.490 e. The minimum atomic E-state index is -4.16. The molecule has 0 aromatic carbocycles. The van der Waals surface area contributed by atoms with Crippen LogP contribution in [-0.2, 0) is 7.05 Å². The van der Waals surface area contributed by atoms with Gasteiger partial charge < -0.3 is 4.74 Å². The third-order valence-electron chi connectivity index (χ3n) is 1.34. The number of alkyl halides is 3. The Bertz CT molecular complexity index is 269. The Balaban J connectivity index is 2.28. The zero-order valence-electron chi connectivity index (χ0n) is 7.01. The van der Waals surface area contributed by atoms with Crippen molar-refractivity contribution < 1.29 is 17.9 Å². The molecule has 0 bridgehead atoms. The molecule has 1 heterocycles. The lowest BCUT2D eigenvalue weighted by atomic mass is 10.4. The highest BCUT2D eigenvalue weighted by atomic mass is 19.4. The fourth-order valence-electron chi connectivity index (χ4n) is 0.758. The van der Waals surface area contributed by atoms with Crippen LogP contribution in [0.25, 0.3) is 0 Å². The van der Waals surface area contributed by atoms with Gasteiger partial charge in [0.05, 0.1) is 25.4 Å². The number of nitrogens with zero attached hydrogens (tertiary/aromatic N) is 2. The molecular weight excluding hydrogens is 185 g/mol. The number of ether oxygens (including phenoxy) is 1. The van der Waals surface area contributed by atoms with Crippen LogP contribution in [0.1, 0.15) is 6.42 Å². The highest BCUT2D eigenvalue weighted by Gasteiger charge is 2.26. The Morgan fingerprint density at radius 1 is 1.54 bits per heavy atom. The van der Waals surface area contributed by atoms with Gasteiger partial charge in [0.2, 0.25) is 0 Å². The van der Waals surface area contributed by atoms with Crippen molar-refractivity contribution in [1.82, 2.24) is 9.78 Å². The molecule has 74 valence electrons. The molecule has 0 saturated heterocycles. The first kappa shape index (κ1) is 9.88. The van der Waals surface area contributed by atoms with Crippen molar-refractivity contribution in [3.63, 3.8) is 0 Å². The molecule has 0 N–H and O–H groups in total. The lowest BCUT2D eigenvalue weighted by Gasteiger charge is -2.05. The predicted octanol–water partition coefficient (Wildman–Crippen LogP) is 1.75. The molecule has 0 amide bonds. The van der Waals surface area contributed by atoms with E-state index in [0.29, 0.717) is 5.75 Å². The summed E-state index contributed by atoms with van der Waals surface area (Å²) in [5.41, 5.74) is 0. The normalized spacial score (nSPS) is 11.7. The zero-order valence-corrected chi connectivity index (χ0v) is 7.01. The van der Waals surface area contributed by atoms with Gasteiger partial charge in [-0.3, -0.25) is 4.68 Å². The van der Waals surface area contributed by atoms with Crippen molar-refractivity contribution in [2.24, 2.45) is 7.05 Å². The SMILES string of the molecule is Cn1cc(OCCC(F)(F)F)cn1. The Hall–Kier alpha value is -1.20. The van der Waals surface area contributed by atoms with Gasteiger partial charge >= 0.3 is 6.18 Å². The minimum absolute atomic E-state index is 0.353. The molecule has 1 rings (SSSR count). The molecule has 0 aliphatic carbocycles. The van der Waals surface area contributed by atoms with Crippen LogP contribution < -0.4 is 4.74 Å². The van der Waals surface area contributed by atoms with Crippen molar-refractivity contribution in [1.29, 1.82) is 0 Å². The van der Waals surface area contributed by atoms with Gasteiger partial charge in [-0.2, -0.15) is 18.3 Å². The molecule has 1 aromatic rings. The van der Waals surface area contributed by atoms with E-state index in [1.165, 1.54) is 17.1 Å². The summed E-state index contributed by atoms with van der Waals surface area (Å²) < 4.78 is 41.2. The van der Waals surface area contributed by atoms with E-state index in [1.807, 2.05) is 0 Å². The van der Waals surface area contributed by atoms with Gasteiger partial charge in [-0.05, 0) is 0 Å². The van der Waals surface area contributed by atoms with Crippen molar-refractivity contribution >= 4 is 0 Å². The van der Waals surface area contributed by atoms with Gasteiger partial charge in [-0.25, -0.2) is 0 Å². The number of hydrogen-bond acceptors (Lipinski definition) is 2. The van der Waals surface area contributed by atoms with Crippen LogP contribution in [0.3, 0.4) is 0 Å². The van der Waals surface area contributed by atoms with E-state index < -0.39 is 12.6 Å². The fraction of sp³-hybridized carbons (Fsp3) is 0.571. The van der Waals surface area contributed by atoms with E-state index in [4.69, 9.17) is 4.74 Å². The Kier molecular flexibility index (Phi) is 2.79. The highest BCUT2D eigenvalue weighted by molar-refractivity contribution is 5.11. The monoisotopic (exact) mass is 194 g/mol. The molecule has 13 heavy (non-hydrogen) atoms. The maximum Gasteiger partial charge on any atom is 0.392 e. The molecular formula is C7H9F3N2O. The standard InChI is InChI=1S/C7H9F3N2O/c1-12-5-6(4-11-12)13-3-2-7(8,9)10/h4-5H,2-3H2,1H3. The summed E-state index contributed by atoms with van der Waals surface area (Å²) in [5, 5.41) is 3.74. The Morgan fingerprint density at radius 3 is 2.69 bits per heavy atom. The van der Waals surface area contributed by atoms with Crippen LogP contribution in [0.2, 0.25) is 0 Å². The number of aryl methyl sites for hydroxylation is 1. The summed E-state index contributed by atoms with van der Waals surface area (Å²) in [5.74, 6) is 0.353. The maximum atomic E-state index is 11.7. The minimum Gasteiger partial charge on any atom is -0.490 e. The Labute approximate surface area is 73.1 Å². The molecule has 0 unspecified atom stereocenters. The summed E-state index contributed by atoms with van der Waals surface area (Å²) >= 11 is 0. The average molecular weight is 194 g/mol. The molecule has 0 radical (unpaired) electrons. The topological polar surface area (TPSA) is 27.1 Å². The van der Waals surface area contributed by atoms with Crippen molar-refractivity contribution in [2.75, 3.05) is 6.61 Å². The summed E-state index contributed by atoms with van der Waals surface area (Å²) in [4.78, 5) is 0. The molecule has 6 heteroatoms. The summed E-state index contributed by atoms with van der Waals surface area (Å²) in [6.45, 7) is -0.366. The van der Waals surface area contributed by atoms with Crippen LogP contribution in [0.4, 0.5) is 13.2 Å². The molecule has 0 fully saturated rings. The summed E-state index contributed by atoms with van der Waals surface area (Å²) in [7, 11) is 1.66. The van der Waals surface area contributed by atoms with Crippen molar-refractivity contribution in [3.8, 4) is 5.75 Å². The zero-order chi connectivity index (χ0) is 9.90. The lowest BCUT2D eigenvalue weighted by molar-refractivity contribution is -0.139. The second-order valence-corrected chi connectivity index (χ2v) is 2.56. The van der Waals surface area contributed by atoms with Gasteiger partial charge in [-0.15, -0.1) is 0 Å². The molecule has 0 saturated carbocycles. The lowest BCUT2D eigenvalue weighted by Crippen LogP contribution is -2.12. The molecule has 0 atom stereocenters. The smallest absolute Gasteiger partial charge is 0.392 e. The van der Waals surface area contributed by atoms with Crippen molar-refractivity contribution in [2.45, 2.75) is 12.6 Å². The summed E-state index contributed by atoms with van der Waals surface area (Å²) in [6, 6.07) is 0. The van der Waals surface area contributed by atoms with Crippen LogP contribution in [-0.4, -0.2) is 22.6 Å². The van der Waals surface area contributed by atoms with E-state index in [9.17, 15) is 13.2 Å². The number of halogens is 3. The van der Waals surface area contributed by atoms with Crippen molar-refractivity contribution in [3.05, 3.63) is 12.4 Å². The van der Waals surface area contributed by atoms with Gasteiger partial charge in [0.1, 0.15) is 0 Å². The first-order chi connectivity index (χ1) is 5.97. The van der Waals surface area contributed by atoms with Gasteiger partial charge in [-0.1, -0.05) is 0 Å². The number of aromatic nitrogens is 2. The van der Waals surface area contributed by atoms with E-state index in [1.54, 1.807) is 7.05 Å². The molecule has 1 aromatic heterocycles. The molecule has 0 spiro atoms. The fourth-order valence-corrected chi connectivity index (χ4v) is 0.758. The third-order valence-corrected chi connectivity index (χ3v) is 1.34. The number of hydrogen-bond donors (Lipinski definition) is 0. The van der Waals surface area contributed by atoms with Gasteiger partial charge in [0.25, 0.3) is 0 Å². The quantitative estimate of drug-likeness (QED) is 0.732. The molecule has 0 aliphatic heterocycles. The van der Waals surface area contributed by atoms with E-state index in [2.05, 4.69) is 5.10 Å². The maximum absolute atomic E-state index is 11.7. The van der Waals surface area contributed by atoms with Crippen LogP contribution in [0, 0.1) is 0 Å². The Morgan fingerprint density at radius 2 is 2.23 bits per heavy atom. The average Bonchev–Trinajstić information content (AvgIpc) is 2.33. The molecule has 3 nitrogen and oxygen atoms in total. The van der Waals surface area contributed by atoms with Crippen LogP contribution in [0.5, 0.6) is 5.75 Å². The first-order valence-electron chi connectivity index (χ1n) is 3.65. The molecule has 0 aliphatic rings. The van der Waals surface area contributed by atoms with Gasteiger partial charge in [0.15, 0.2) is 5.75 Å². The summed E-state index contributed by atoms with van der Waals surface area (Å²) in [6.07, 6.45) is -2.23. The third kappa shape index (κ3) is 3.82. The second kappa shape index (κ2) is 3.68. The highest BCUT2D eigenvalue weighted by Crippen LogP contribution is 2.19.